The maximum Gasteiger partial charge on any atom is 0.418 e. The van der Waals surface area contributed by atoms with Crippen LogP contribution in [0.15, 0.2) is 30.5 Å². The smallest absolute Gasteiger partial charge is 0.418 e. The maximum absolute atomic E-state index is 13.0. The lowest BCUT2D eigenvalue weighted by molar-refractivity contribution is -0.137. The molecule has 0 amide bonds. The van der Waals surface area contributed by atoms with E-state index in [2.05, 4.69) is 4.98 Å². The monoisotopic (exact) mass is 300 g/mol. The minimum Gasteiger partial charge on any atom is -0.454 e. The third-order valence-corrected chi connectivity index (χ3v) is 2.40. The van der Waals surface area contributed by atoms with Crippen molar-refractivity contribution in [3.8, 4) is 17.6 Å². The van der Waals surface area contributed by atoms with Gasteiger partial charge >= 0.3 is 6.18 Å². The van der Waals surface area contributed by atoms with E-state index in [0.29, 0.717) is 18.3 Å². The third-order valence-electron chi connectivity index (χ3n) is 2.40. The lowest BCUT2D eigenvalue weighted by Gasteiger charge is -2.11. The number of rotatable bonds is 2. The molecule has 0 aliphatic heterocycles. The van der Waals surface area contributed by atoms with Crippen molar-refractivity contribution in [1.82, 2.24) is 4.98 Å². The number of alkyl halides is 3. The zero-order chi connectivity index (χ0) is 15.6. The van der Waals surface area contributed by atoms with Gasteiger partial charge in [-0.1, -0.05) is 0 Å². The van der Waals surface area contributed by atoms with E-state index in [1.165, 1.54) is 0 Å². The Morgan fingerprint density at radius 3 is 2.38 bits per heavy atom. The van der Waals surface area contributed by atoms with Crippen molar-refractivity contribution in [1.29, 1.82) is 5.26 Å². The molecule has 0 radical (unpaired) electrons. The standard InChI is InChI=1S/C13H5F5N2O/c14-9-2-1-8(4-10(9)15)21-12-3-7(13(16,17)18)6-20-11(12)5-19/h1-4,6H. The minimum absolute atomic E-state index is 0.258. The molecular weight excluding hydrogens is 295 g/mol. The molecule has 1 aromatic heterocycles. The molecule has 0 spiro atoms. The number of aromatic nitrogens is 1. The lowest BCUT2D eigenvalue weighted by Crippen LogP contribution is -2.06. The second-order valence-corrected chi connectivity index (χ2v) is 3.86. The Bertz CT molecular complexity index is 721. The molecular formula is C13H5F5N2O. The van der Waals surface area contributed by atoms with Crippen LogP contribution in [0.2, 0.25) is 0 Å². The van der Waals surface area contributed by atoms with Crippen LogP contribution in [0.25, 0.3) is 0 Å². The summed E-state index contributed by atoms with van der Waals surface area (Å²) in [6.07, 6.45) is -4.19. The minimum atomic E-state index is -4.67. The first-order valence-electron chi connectivity index (χ1n) is 5.41. The highest BCUT2D eigenvalue weighted by atomic mass is 19.4. The topological polar surface area (TPSA) is 45.9 Å². The molecule has 2 rings (SSSR count). The second-order valence-electron chi connectivity index (χ2n) is 3.86. The summed E-state index contributed by atoms with van der Waals surface area (Å²) in [7, 11) is 0. The first kappa shape index (κ1) is 14.7. The van der Waals surface area contributed by atoms with Gasteiger partial charge < -0.3 is 4.74 Å². The number of nitrogens with zero attached hydrogens (tertiary/aromatic N) is 2. The summed E-state index contributed by atoms with van der Waals surface area (Å²) in [6, 6.07) is 4.52. The van der Waals surface area contributed by atoms with E-state index >= 15 is 0 Å². The highest BCUT2D eigenvalue weighted by Gasteiger charge is 2.32. The number of hydrogen-bond donors (Lipinski definition) is 0. The highest BCUT2D eigenvalue weighted by Crippen LogP contribution is 2.33. The molecule has 8 heteroatoms. The zero-order valence-corrected chi connectivity index (χ0v) is 10.1. The van der Waals surface area contributed by atoms with Crippen LogP contribution < -0.4 is 4.74 Å². The van der Waals surface area contributed by atoms with Crippen LogP contribution in [0.3, 0.4) is 0 Å². The van der Waals surface area contributed by atoms with Crippen molar-refractivity contribution in [2.75, 3.05) is 0 Å². The van der Waals surface area contributed by atoms with Gasteiger partial charge in [0, 0.05) is 12.3 Å². The van der Waals surface area contributed by atoms with Gasteiger partial charge in [-0.15, -0.1) is 0 Å². The fourth-order valence-corrected chi connectivity index (χ4v) is 1.43. The number of halogens is 5. The van der Waals surface area contributed by atoms with Crippen molar-refractivity contribution >= 4 is 0 Å². The van der Waals surface area contributed by atoms with Gasteiger partial charge in [0.2, 0.25) is 0 Å². The Hall–Kier alpha value is -2.69. The molecule has 108 valence electrons. The molecule has 0 aliphatic rings. The van der Waals surface area contributed by atoms with Crippen LogP contribution in [0.4, 0.5) is 22.0 Å². The highest BCUT2D eigenvalue weighted by molar-refractivity contribution is 5.43. The van der Waals surface area contributed by atoms with Gasteiger partial charge in [-0.25, -0.2) is 13.8 Å². The molecule has 0 fully saturated rings. The predicted octanol–water partition coefficient (Wildman–Crippen LogP) is 4.04. The molecule has 0 N–H and O–H groups in total. The first-order valence-corrected chi connectivity index (χ1v) is 5.41. The molecule has 0 aliphatic carbocycles. The van der Waals surface area contributed by atoms with E-state index in [9.17, 15) is 22.0 Å². The van der Waals surface area contributed by atoms with Gasteiger partial charge in [-0.3, -0.25) is 0 Å². The molecule has 0 atom stereocenters. The Morgan fingerprint density at radius 2 is 1.81 bits per heavy atom. The lowest BCUT2D eigenvalue weighted by atomic mass is 10.2. The Labute approximate surface area is 115 Å². The molecule has 1 heterocycles. The number of ether oxygens (including phenoxy) is 1. The second kappa shape index (κ2) is 5.36. The summed E-state index contributed by atoms with van der Waals surface area (Å²) in [4.78, 5) is 3.33. The van der Waals surface area contributed by atoms with E-state index in [1.54, 1.807) is 6.07 Å². The van der Waals surface area contributed by atoms with Crippen molar-refractivity contribution in [3.63, 3.8) is 0 Å². The largest absolute Gasteiger partial charge is 0.454 e. The molecule has 1 aromatic carbocycles. The van der Waals surface area contributed by atoms with Gasteiger partial charge in [-0.05, 0) is 18.2 Å². The van der Waals surface area contributed by atoms with Crippen LogP contribution in [-0.4, -0.2) is 4.98 Å². The summed E-state index contributed by atoms with van der Waals surface area (Å²) in [5, 5.41) is 8.78. The van der Waals surface area contributed by atoms with Gasteiger partial charge in [0.1, 0.15) is 11.8 Å². The van der Waals surface area contributed by atoms with Crippen molar-refractivity contribution in [2.24, 2.45) is 0 Å². The van der Waals surface area contributed by atoms with Crippen molar-refractivity contribution < 1.29 is 26.7 Å². The molecule has 0 saturated carbocycles. The predicted molar refractivity (Wildman–Crippen MR) is 60.4 cm³/mol. The SMILES string of the molecule is N#Cc1ncc(C(F)(F)F)cc1Oc1ccc(F)c(F)c1. The fourth-order valence-electron chi connectivity index (χ4n) is 1.43. The fraction of sp³-hybridized carbons (Fsp3) is 0.0769. The van der Waals surface area contributed by atoms with Crippen LogP contribution in [-0.2, 0) is 6.18 Å². The van der Waals surface area contributed by atoms with Gasteiger partial charge in [0.15, 0.2) is 23.1 Å². The van der Waals surface area contributed by atoms with E-state index in [0.717, 1.165) is 12.1 Å². The molecule has 0 bridgehead atoms. The summed E-state index contributed by atoms with van der Waals surface area (Å²) in [5.74, 6) is -3.12. The van der Waals surface area contributed by atoms with Gasteiger partial charge in [0.25, 0.3) is 0 Å². The average molecular weight is 300 g/mol. The Kier molecular flexibility index (Phi) is 3.76. The van der Waals surface area contributed by atoms with Crippen LogP contribution in [0, 0.1) is 23.0 Å². The summed E-state index contributed by atoms with van der Waals surface area (Å²) >= 11 is 0. The molecule has 0 saturated heterocycles. The average Bonchev–Trinajstić information content (AvgIpc) is 2.42. The van der Waals surface area contributed by atoms with Crippen LogP contribution in [0.1, 0.15) is 11.3 Å². The number of benzene rings is 1. The quantitative estimate of drug-likeness (QED) is 0.786. The molecule has 2 aromatic rings. The maximum atomic E-state index is 13.0. The van der Waals surface area contributed by atoms with Gasteiger partial charge in [-0.2, -0.15) is 18.4 Å². The normalized spacial score (nSPS) is 11.0. The van der Waals surface area contributed by atoms with E-state index in [-0.39, 0.29) is 5.75 Å². The van der Waals surface area contributed by atoms with E-state index in [1.807, 2.05) is 0 Å². The van der Waals surface area contributed by atoms with Crippen molar-refractivity contribution in [3.05, 3.63) is 53.4 Å². The molecule has 0 unspecified atom stereocenters. The third kappa shape index (κ3) is 3.25. The zero-order valence-electron chi connectivity index (χ0n) is 10.1. The van der Waals surface area contributed by atoms with Gasteiger partial charge in [0.05, 0.1) is 5.56 Å². The molecule has 3 nitrogen and oxygen atoms in total. The van der Waals surface area contributed by atoms with Crippen molar-refractivity contribution in [2.45, 2.75) is 6.18 Å². The van der Waals surface area contributed by atoms with E-state index < -0.39 is 34.8 Å². The number of nitriles is 1. The first-order chi connectivity index (χ1) is 9.81. The van der Waals surface area contributed by atoms with Crippen LogP contribution >= 0.6 is 0 Å². The number of hydrogen-bond acceptors (Lipinski definition) is 3. The van der Waals surface area contributed by atoms with Crippen LogP contribution in [0.5, 0.6) is 11.5 Å². The molecule has 21 heavy (non-hydrogen) atoms. The Balaban J connectivity index is 2.42. The summed E-state index contributed by atoms with van der Waals surface area (Å²) < 4.78 is 68.5. The Morgan fingerprint density at radius 1 is 1.10 bits per heavy atom. The van der Waals surface area contributed by atoms with E-state index in [4.69, 9.17) is 10.00 Å². The summed E-state index contributed by atoms with van der Waals surface area (Å²) in [5.41, 5.74) is -1.54. The number of pyridine rings is 1. The summed E-state index contributed by atoms with van der Waals surface area (Å²) in [6.45, 7) is 0.